The maximum atomic E-state index is 13.2. The first kappa shape index (κ1) is 33.0. The van der Waals surface area contributed by atoms with Crippen LogP contribution in [-0.4, -0.2) is 69.9 Å². The summed E-state index contributed by atoms with van der Waals surface area (Å²) in [6.07, 6.45) is 10.9. The molecule has 15 heteroatoms. The highest BCUT2D eigenvalue weighted by molar-refractivity contribution is 8.00. The van der Waals surface area contributed by atoms with E-state index in [1.54, 1.807) is 18.3 Å². The van der Waals surface area contributed by atoms with Crippen LogP contribution in [0.5, 0.6) is 0 Å². The maximum Gasteiger partial charge on any atom is 0.333 e. The summed E-state index contributed by atoms with van der Waals surface area (Å²) >= 11 is 1.93. The van der Waals surface area contributed by atoms with E-state index in [2.05, 4.69) is 42.4 Å². The van der Waals surface area contributed by atoms with Gasteiger partial charge in [-0.3, -0.25) is 15.4 Å². The number of anilines is 1. The third-order valence-corrected chi connectivity index (χ3v) is 12.7. The van der Waals surface area contributed by atoms with Gasteiger partial charge in [-0.2, -0.15) is 11.8 Å². The number of nitrogens with one attached hydrogen (secondary N) is 5. The molecule has 7 rings (SSSR count). The van der Waals surface area contributed by atoms with Crippen LogP contribution < -0.4 is 26.0 Å². The summed E-state index contributed by atoms with van der Waals surface area (Å²) < 4.78 is 30.1. The van der Waals surface area contributed by atoms with Crippen molar-refractivity contribution in [1.82, 2.24) is 35.7 Å². The van der Waals surface area contributed by atoms with Gasteiger partial charge < -0.3 is 15.7 Å². The van der Waals surface area contributed by atoms with Crippen molar-refractivity contribution < 1.29 is 23.1 Å². The van der Waals surface area contributed by atoms with Crippen LogP contribution >= 0.6 is 11.8 Å². The number of carbonyl (C=O) groups is 2. The molecule has 4 atom stereocenters. The highest BCUT2D eigenvalue weighted by atomic mass is 32.2. The van der Waals surface area contributed by atoms with Crippen molar-refractivity contribution in [2.24, 2.45) is 0 Å². The highest BCUT2D eigenvalue weighted by Crippen LogP contribution is 2.38. The molecule has 0 saturated carbocycles. The SMILES string of the molecule is O=C(CCCC[C@@H]1SC[C@@H]2C[C@@H]1NC(O)N2)NCc1cn(-c2cccc(S(=O)(=O)NC(=O)Nc3c4c(cc5c3CCC5)CCC4)c2)nn1. The molecule has 2 saturated heterocycles. The van der Waals surface area contributed by atoms with Crippen LogP contribution in [0, 0.1) is 0 Å². The Kier molecular flexibility index (Phi) is 9.74. The largest absolute Gasteiger partial charge is 0.365 e. The predicted molar refractivity (Wildman–Crippen MR) is 182 cm³/mol. The molecule has 6 N–H and O–H groups in total. The van der Waals surface area contributed by atoms with Crippen molar-refractivity contribution >= 4 is 39.4 Å². The van der Waals surface area contributed by atoms with Gasteiger partial charge in [-0.1, -0.05) is 23.8 Å². The van der Waals surface area contributed by atoms with E-state index in [9.17, 15) is 23.1 Å². The van der Waals surface area contributed by atoms with Crippen molar-refractivity contribution in [2.45, 2.75) is 106 Å². The average molecular weight is 695 g/mol. The summed E-state index contributed by atoms with van der Waals surface area (Å²) in [7, 11) is -4.18. The number of rotatable bonds is 11. The molecule has 2 bridgehead atoms. The second-order valence-electron chi connectivity index (χ2n) is 13.1. The molecule has 256 valence electrons. The van der Waals surface area contributed by atoms with Crippen LogP contribution in [0.1, 0.15) is 72.9 Å². The van der Waals surface area contributed by atoms with E-state index in [4.69, 9.17) is 0 Å². The lowest BCUT2D eigenvalue weighted by Crippen LogP contribution is -2.63. The summed E-state index contributed by atoms with van der Waals surface area (Å²) in [5.41, 5.74) is 6.49. The first-order valence-corrected chi connectivity index (χ1v) is 19.4. The molecular formula is C33H42N8O5S2. The normalized spacial score (nSPS) is 22.9. The minimum atomic E-state index is -4.18. The average Bonchev–Trinajstić information content (AvgIpc) is 3.84. The van der Waals surface area contributed by atoms with Crippen molar-refractivity contribution in [3.63, 3.8) is 0 Å². The fraction of sp³-hybridized carbons (Fsp3) is 0.515. The Hall–Kier alpha value is -3.50. The molecule has 1 aromatic heterocycles. The molecule has 2 fully saturated rings. The Labute approximate surface area is 284 Å². The predicted octanol–water partition coefficient (Wildman–Crippen LogP) is 2.64. The van der Waals surface area contributed by atoms with Gasteiger partial charge in [0.15, 0.2) is 6.35 Å². The van der Waals surface area contributed by atoms with E-state index in [-0.39, 0.29) is 17.3 Å². The lowest BCUT2D eigenvalue weighted by Gasteiger charge is -2.43. The van der Waals surface area contributed by atoms with Crippen molar-refractivity contribution in [3.05, 3.63) is 64.5 Å². The summed E-state index contributed by atoms with van der Waals surface area (Å²) in [6, 6.07) is 8.24. The molecule has 48 heavy (non-hydrogen) atoms. The van der Waals surface area contributed by atoms with Crippen LogP contribution in [0.4, 0.5) is 10.5 Å². The minimum absolute atomic E-state index is 0.0702. The number of hydrogen-bond donors (Lipinski definition) is 6. The number of aliphatic hydroxyl groups is 1. The quantitative estimate of drug-likeness (QED) is 0.164. The number of thioether (sulfide) groups is 1. The van der Waals surface area contributed by atoms with E-state index >= 15 is 0 Å². The molecule has 2 aromatic carbocycles. The number of nitrogens with zero attached hydrogens (tertiary/aromatic N) is 3. The molecule has 2 aliphatic carbocycles. The number of carbonyl (C=O) groups excluding carboxylic acids is 2. The topological polar surface area (TPSA) is 179 Å². The monoisotopic (exact) mass is 694 g/mol. The van der Waals surface area contributed by atoms with Crippen molar-refractivity contribution in [3.8, 4) is 5.69 Å². The lowest BCUT2D eigenvalue weighted by molar-refractivity contribution is -0.121. The number of unbranched alkanes of at least 4 members (excludes halogenated alkanes) is 1. The molecule has 3 amide bonds. The van der Waals surface area contributed by atoms with Gasteiger partial charge in [-0.15, -0.1) is 5.10 Å². The van der Waals surface area contributed by atoms with Crippen molar-refractivity contribution in [1.29, 1.82) is 0 Å². The Bertz CT molecular complexity index is 1760. The number of benzene rings is 2. The third kappa shape index (κ3) is 7.39. The molecule has 13 nitrogen and oxygen atoms in total. The van der Waals surface area contributed by atoms with E-state index < -0.39 is 22.4 Å². The fourth-order valence-corrected chi connectivity index (χ4v) is 9.84. The van der Waals surface area contributed by atoms with Gasteiger partial charge in [0.05, 0.1) is 23.3 Å². The molecule has 2 aliphatic heterocycles. The van der Waals surface area contributed by atoms with Crippen LogP contribution in [0.3, 0.4) is 0 Å². The number of aryl methyl sites for hydroxylation is 2. The number of amides is 3. The number of fused-ring (bicyclic) bond motifs is 4. The van der Waals surface area contributed by atoms with Crippen LogP contribution in [0.25, 0.3) is 5.69 Å². The fourth-order valence-electron chi connectivity index (χ4n) is 7.43. The standard InChI is InChI=1S/C33H42N8O5S2/c42-30(13-2-1-12-29-28-15-22(19-47-29)35-32(43)36-28)34-17-23-18-41(40-38-23)24-8-5-9-25(16-24)48(45,46)39-33(44)37-31-26-10-3-6-20(26)14-21-7-4-11-27(21)31/h5,8-9,14,16,18,22,28-29,32,35-36,43H,1-4,6-7,10-13,15,17,19H2,(H,34,42)(H2,37,39,44)/t22-,28-,29-,32?/m0/s1. The summed E-state index contributed by atoms with van der Waals surface area (Å²) in [5, 5.41) is 30.7. The second kappa shape index (κ2) is 14.2. The Morgan fingerprint density at radius 1 is 1.04 bits per heavy atom. The molecule has 3 aromatic rings. The zero-order valence-electron chi connectivity index (χ0n) is 26.7. The van der Waals surface area contributed by atoms with E-state index in [0.717, 1.165) is 86.8 Å². The smallest absolute Gasteiger partial charge is 0.333 e. The third-order valence-electron chi connectivity index (χ3n) is 9.75. The van der Waals surface area contributed by atoms with Crippen molar-refractivity contribution in [2.75, 3.05) is 11.1 Å². The maximum absolute atomic E-state index is 13.2. The molecular weight excluding hydrogens is 653 g/mol. The first-order valence-electron chi connectivity index (χ1n) is 16.8. The molecule has 1 unspecified atom stereocenters. The number of sulfonamides is 1. The van der Waals surface area contributed by atoms with Crippen LogP contribution in [0.15, 0.2) is 41.4 Å². The molecule has 3 heterocycles. The zero-order chi connectivity index (χ0) is 33.3. The van der Waals surface area contributed by atoms with Gasteiger partial charge in [-0.25, -0.2) is 22.6 Å². The summed E-state index contributed by atoms with van der Waals surface area (Å²) in [4.78, 5) is 25.4. The van der Waals surface area contributed by atoms with E-state index in [1.165, 1.54) is 27.9 Å². The van der Waals surface area contributed by atoms with Gasteiger partial charge >= 0.3 is 6.03 Å². The van der Waals surface area contributed by atoms with E-state index in [0.29, 0.717) is 35.1 Å². The Morgan fingerprint density at radius 3 is 2.62 bits per heavy atom. The summed E-state index contributed by atoms with van der Waals surface area (Å²) in [6.45, 7) is 0.197. The van der Waals surface area contributed by atoms with Gasteiger partial charge in [-0.05, 0) is 98.2 Å². The number of hydrogen-bond acceptors (Lipinski definition) is 10. The van der Waals surface area contributed by atoms with Gasteiger partial charge in [0.1, 0.15) is 5.69 Å². The number of aliphatic hydroxyl groups excluding tert-OH is 1. The van der Waals surface area contributed by atoms with Crippen LogP contribution in [-0.2, 0) is 47.0 Å². The Balaban J connectivity index is 0.897. The highest BCUT2D eigenvalue weighted by Gasteiger charge is 2.36. The number of aromatic nitrogens is 3. The van der Waals surface area contributed by atoms with Gasteiger partial charge in [0.25, 0.3) is 10.0 Å². The Morgan fingerprint density at radius 2 is 1.83 bits per heavy atom. The lowest BCUT2D eigenvalue weighted by atomic mass is 9.98. The molecule has 4 aliphatic rings. The second-order valence-corrected chi connectivity index (χ2v) is 16.1. The zero-order valence-corrected chi connectivity index (χ0v) is 28.3. The van der Waals surface area contributed by atoms with Gasteiger partial charge in [0, 0.05) is 35.2 Å². The van der Waals surface area contributed by atoms with E-state index in [1.807, 2.05) is 11.8 Å². The minimum Gasteiger partial charge on any atom is -0.365 e. The summed E-state index contributed by atoms with van der Waals surface area (Å²) in [5.74, 6) is 0.922. The molecule has 0 radical (unpaired) electrons. The van der Waals surface area contributed by atoms with Crippen LogP contribution in [0.2, 0.25) is 0 Å². The number of urea groups is 1. The first-order chi connectivity index (χ1) is 23.2. The van der Waals surface area contributed by atoms with Gasteiger partial charge in [0.2, 0.25) is 5.91 Å². The molecule has 0 spiro atoms.